The van der Waals surface area contributed by atoms with E-state index in [0.29, 0.717) is 5.56 Å². The summed E-state index contributed by atoms with van der Waals surface area (Å²) in [4.78, 5) is 23.0. The molecule has 2 rings (SSSR count). The van der Waals surface area contributed by atoms with E-state index in [9.17, 15) is 9.59 Å². The summed E-state index contributed by atoms with van der Waals surface area (Å²) >= 11 is 0. The summed E-state index contributed by atoms with van der Waals surface area (Å²) < 4.78 is 15.2. The maximum Gasteiger partial charge on any atom is 0.337 e. The maximum atomic E-state index is 11.7. The van der Waals surface area contributed by atoms with E-state index < -0.39 is 11.9 Å². The van der Waals surface area contributed by atoms with Crippen molar-refractivity contribution in [3.05, 3.63) is 71.3 Å². The van der Waals surface area contributed by atoms with Gasteiger partial charge in [0.1, 0.15) is 19.0 Å². The van der Waals surface area contributed by atoms with E-state index in [-0.39, 0.29) is 13.2 Å². The highest BCUT2D eigenvalue weighted by atomic mass is 16.6. The van der Waals surface area contributed by atoms with Crippen LogP contribution >= 0.6 is 0 Å². The van der Waals surface area contributed by atoms with Crippen LogP contribution in [-0.4, -0.2) is 32.3 Å². The Morgan fingerprint density at radius 3 is 2.48 bits per heavy atom. The van der Waals surface area contributed by atoms with Gasteiger partial charge in [0.25, 0.3) is 0 Å². The molecule has 0 saturated heterocycles. The van der Waals surface area contributed by atoms with E-state index in [4.69, 9.17) is 9.47 Å². The first kappa shape index (κ1) is 18.3. The highest BCUT2D eigenvalue weighted by Crippen LogP contribution is 2.12. The zero-order chi connectivity index (χ0) is 18.1. The van der Waals surface area contributed by atoms with Crippen molar-refractivity contribution >= 4 is 18.0 Å². The Bertz CT molecular complexity index is 747. The number of hydrogen-bond donors (Lipinski definition) is 0. The molecule has 2 aromatic carbocycles. The lowest BCUT2D eigenvalue weighted by Gasteiger charge is -2.06. The van der Waals surface area contributed by atoms with Gasteiger partial charge in [-0.2, -0.15) is 0 Å². The minimum absolute atomic E-state index is 0.165. The second-order valence-electron chi connectivity index (χ2n) is 5.28. The summed E-state index contributed by atoms with van der Waals surface area (Å²) in [6.07, 6.45) is 2.95. The smallest absolute Gasteiger partial charge is 0.337 e. The lowest BCUT2D eigenvalue weighted by Crippen LogP contribution is -2.10. The second-order valence-corrected chi connectivity index (χ2v) is 5.28. The maximum absolute atomic E-state index is 11.7. The van der Waals surface area contributed by atoms with Crippen LogP contribution in [0, 0.1) is 6.92 Å². The molecule has 0 aliphatic rings. The third-order valence-electron chi connectivity index (χ3n) is 3.33. The summed E-state index contributed by atoms with van der Waals surface area (Å²) in [5.41, 5.74) is 2.34. The molecule has 2 aromatic rings. The number of carbonyl (C=O) groups is 2. The minimum Gasteiger partial charge on any atom is -0.490 e. The van der Waals surface area contributed by atoms with Crippen LogP contribution in [0.1, 0.15) is 21.5 Å². The van der Waals surface area contributed by atoms with E-state index in [2.05, 4.69) is 4.74 Å². The quantitative estimate of drug-likeness (QED) is 0.439. The molecule has 0 N–H and O–H groups in total. The molecule has 0 heterocycles. The third-order valence-corrected chi connectivity index (χ3v) is 3.33. The molecule has 0 amide bonds. The molecule has 0 radical (unpaired) electrons. The Hall–Kier alpha value is -3.08. The predicted molar refractivity (Wildman–Crippen MR) is 94.4 cm³/mol. The van der Waals surface area contributed by atoms with Gasteiger partial charge in [-0.05, 0) is 48.4 Å². The van der Waals surface area contributed by atoms with Crippen molar-refractivity contribution in [3.63, 3.8) is 0 Å². The molecule has 0 aliphatic heterocycles. The summed E-state index contributed by atoms with van der Waals surface area (Å²) in [6, 6.07) is 14.4. The number of benzene rings is 2. The van der Waals surface area contributed by atoms with Crippen LogP contribution in [0.4, 0.5) is 0 Å². The number of carbonyl (C=O) groups excluding carboxylic acids is 2. The predicted octanol–water partition coefficient (Wildman–Crippen LogP) is 3.42. The topological polar surface area (TPSA) is 61.8 Å². The van der Waals surface area contributed by atoms with Gasteiger partial charge in [0.05, 0.1) is 12.7 Å². The van der Waals surface area contributed by atoms with Gasteiger partial charge in [-0.3, -0.25) is 0 Å². The van der Waals surface area contributed by atoms with Crippen LogP contribution in [-0.2, 0) is 14.3 Å². The van der Waals surface area contributed by atoms with Crippen LogP contribution in [0.5, 0.6) is 5.75 Å². The zero-order valence-corrected chi connectivity index (χ0v) is 14.2. The van der Waals surface area contributed by atoms with Crippen molar-refractivity contribution in [2.45, 2.75) is 6.92 Å². The first-order valence-corrected chi connectivity index (χ1v) is 7.81. The Morgan fingerprint density at radius 1 is 1.04 bits per heavy atom. The van der Waals surface area contributed by atoms with E-state index in [1.165, 1.54) is 13.2 Å². The Kier molecular flexibility index (Phi) is 6.77. The average molecular weight is 340 g/mol. The van der Waals surface area contributed by atoms with E-state index in [1.807, 2.05) is 31.2 Å². The largest absolute Gasteiger partial charge is 0.490 e. The molecule has 0 fully saturated rings. The fourth-order valence-corrected chi connectivity index (χ4v) is 2.07. The van der Waals surface area contributed by atoms with Crippen molar-refractivity contribution in [1.29, 1.82) is 0 Å². The van der Waals surface area contributed by atoms with Crippen molar-refractivity contribution in [1.82, 2.24) is 0 Å². The number of hydrogen-bond acceptors (Lipinski definition) is 5. The third kappa shape index (κ3) is 6.14. The normalized spacial score (nSPS) is 10.5. The van der Waals surface area contributed by atoms with Crippen LogP contribution in [0.3, 0.4) is 0 Å². The van der Waals surface area contributed by atoms with Crippen molar-refractivity contribution in [2.75, 3.05) is 20.3 Å². The van der Waals surface area contributed by atoms with Crippen molar-refractivity contribution < 1.29 is 23.8 Å². The van der Waals surface area contributed by atoms with Gasteiger partial charge in [-0.1, -0.05) is 24.3 Å². The van der Waals surface area contributed by atoms with Gasteiger partial charge < -0.3 is 14.2 Å². The molecule has 25 heavy (non-hydrogen) atoms. The van der Waals surface area contributed by atoms with Gasteiger partial charge in [-0.25, -0.2) is 9.59 Å². The fraction of sp³-hybridized carbons (Fsp3) is 0.200. The molecular weight excluding hydrogens is 320 g/mol. The SMILES string of the molecule is COC(=O)c1ccc(/C=C/C(=O)OCCOc2cccc(C)c2)cc1. The molecule has 0 aromatic heterocycles. The molecule has 0 unspecified atom stereocenters. The zero-order valence-electron chi connectivity index (χ0n) is 14.2. The molecule has 130 valence electrons. The Morgan fingerprint density at radius 2 is 1.80 bits per heavy atom. The number of esters is 2. The molecule has 5 nitrogen and oxygen atoms in total. The fourth-order valence-electron chi connectivity index (χ4n) is 2.07. The van der Waals surface area contributed by atoms with Gasteiger partial charge in [-0.15, -0.1) is 0 Å². The molecular formula is C20H20O5. The molecule has 0 atom stereocenters. The van der Waals surface area contributed by atoms with Crippen LogP contribution in [0.25, 0.3) is 6.08 Å². The van der Waals surface area contributed by atoms with Crippen molar-refractivity contribution in [2.24, 2.45) is 0 Å². The average Bonchev–Trinajstić information content (AvgIpc) is 2.63. The summed E-state index contributed by atoms with van der Waals surface area (Å²) in [7, 11) is 1.33. The number of ether oxygens (including phenoxy) is 3. The Balaban J connectivity index is 1.74. The summed E-state index contributed by atoms with van der Waals surface area (Å²) in [6.45, 7) is 2.44. The van der Waals surface area contributed by atoms with Gasteiger partial charge in [0.15, 0.2) is 0 Å². The van der Waals surface area contributed by atoms with Gasteiger partial charge in [0, 0.05) is 6.08 Å². The standard InChI is InChI=1S/C20H20O5/c1-15-4-3-5-18(14-15)24-12-13-25-19(21)11-8-16-6-9-17(10-7-16)20(22)23-2/h3-11,14H,12-13H2,1-2H3/b11-8+. The Labute approximate surface area is 146 Å². The second kappa shape index (κ2) is 9.27. The first-order valence-electron chi connectivity index (χ1n) is 7.81. The van der Waals surface area contributed by atoms with Gasteiger partial charge in [0.2, 0.25) is 0 Å². The molecule has 0 aliphatic carbocycles. The highest BCUT2D eigenvalue weighted by molar-refractivity contribution is 5.90. The van der Waals surface area contributed by atoms with E-state index in [1.54, 1.807) is 30.3 Å². The molecule has 5 heteroatoms. The lowest BCUT2D eigenvalue weighted by molar-refractivity contribution is -0.138. The number of rotatable bonds is 7. The van der Waals surface area contributed by atoms with E-state index in [0.717, 1.165) is 16.9 Å². The summed E-state index contributed by atoms with van der Waals surface area (Å²) in [5, 5.41) is 0. The van der Waals surface area contributed by atoms with Gasteiger partial charge >= 0.3 is 11.9 Å². The monoisotopic (exact) mass is 340 g/mol. The van der Waals surface area contributed by atoms with Crippen LogP contribution in [0.15, 0.2) is 54.6 Å². The van der Waals surface area contributed by atoms with E-state index >= 15 is 0 Å². The first-order chi connectivity index (χ1) is 12.1. The number of aryl methyl sites for hydroxylation is 1. The molecule has 0 bridgehead atoms. The van der Waals surface area contributed by atoms with Crippen LogP contribution in [0.2, 0.25) is 0 Å². The highest BCUT2D eigenvalue weighted by Gasteiger charge is 2.03. The number of methoxy groups -OCH3 is 1. The molecule has 0 spiro atoms. The minimum atomic E-state index is -0.454. The molecule has 0 saturated carbocycles. The summed E-state index contributed by atoms with van der Waals surface area (Å²) in [5.74, 6) is -0.106. The lowest BCUT2D eigenvalue weighted by atomic mass is 10.1. The van der Waals surface area contributed by atoms with Crippen LogP contribution < -0.4 is 4.74 Å². The van der Waals surface area contributed by atoms with Crippen molar-refractivity contribution in [3.8, 4) is 5.75 Å².